The lowest BCUT2D eigenvalue weighted by Crippen LogP contribution is -2.28. The first-order chi connectivity index (χ1) is 9.47. The normalized spacial score (nSPS) is 10.6. The van der Waals surface area contributed by atoms with Crippen LogP contribution < -0.4 is 0 Å². The molecule has 0 aliphatic heterocycles. The fourth-order valence-corrected chi connectivity index (χ4v) is 2.25. The van der Waals surface area contributed by atoms with Gasteiger partial charge in [-0.3, -0.25) is 4.79 Å². The third-order valence-corrected chi connectivity index (χ3v) is 3.48. The Morgan fingerprint density at radius 2 is 2.15 bits per heavy atom. The second-order valence-electron chi connectivity index (χ2n) is 4.86. The van der Waals surface area contributed by atoms with E-state index in [1.165, 1.54) is 0 Å². The van der Waals surface area contributed by atoms with Crippen LogP contribution in [0.3, 0.4) is 0 Å². The summed E-state index contributed by atoms with van der Waals surface area (Å²) in [6.45, 7) is 4.19. The average Bonchev–Trinajstić information content (AvgIpc) is 2.70. The highest BCUT2D eigenvalue weighted by Gasteiger charge is 2.16. The van der Waals surface area contributed by atoms with E-state index in [9.17, 15) is 4.79 Å². The number of hydrogen-bond acceptors (Lipinski definition) is 3. The number of halogens is 1. The number of carbonyl (C=O) groups excluding carboxylic acids is 1. The van der Waals surface area contributed by atoms with E-state index < -0.39 is 0 Å². The zero-order valence-corrected chi connectivity index (χ0v) is 12.6. The molecule has 0 bridgehead atoms. The van der Waals surface area contributed by atoms with Gasteiger partial charge in [0.25, 0.3) is 0 Å². The van der Waals surface area contributed by atoms with E-state index in [2.05, 4.69) is 5.16 Å². The molecule has 4 nitrogen and oxygen atoms in total. The molecule has 2 aromatic rings. The largest absolute Gasteiger partial charge is 0.361 e. The van der Waals surface area contributed by atoms with Gasteiger partial charge in [0.1, 0.15) is 5.76 Å². The second kappa shape index (κ2) is 6.09. The number of hydrogen-bond donors (Lipinski definition) is 0. The third kappa shape index (κ3) is 3.39. The summed E-state index contributed by atoms with van der Waals surface area (Å²) in [5.41, 5.74) is 2.65. The van der Waals surface area contributed by atoms with Gasteiger partial charge in [-0.1, -0.05) is 28.9 Å². The lowest BCUT2D eigenvalue weighted by atomic mass is 10.1. The van der Waals surface area contributed by atoms with E-state index in [-0.39, 0.29) is 5.91 Å². The Bertz CT molecular complexity index is 603. The van der Waals surface area contributed by atoms with Crippen molar-refractivity contribution in [1.29, 1.82) is 0 Å². The number of aromatic nitrogens is 1. The summed E-state index contributed by atoms with van der Waals surface area (Å²) in [5, 5.41) is 4.54. The maximum atomic E-state index is 12.2. The van der Waals surface area contributed by atoms with Crippen LogP contribution in [0.2, 0.25) is 5.02 Å². The highest BCUT2D eigenvalue weighted by molar-refractivity contribution is 6.30. The Kier molecular flexibility index (Phi) is 4.45. The van der Waals surface area contributed by atoms with Crippen molar-refractivity contribution >= 4 is 17.5 Å². The van der Waals surface area contributed by atoms with Crippen LogP contribution >= 0.6 is 11.6 Å². The molecule has 0 N–H and O–H groups in total. The monoisotopic (exact) mass is 292 g/mol. The standard InChI is InChI=1S/C15H17ClN2O2/c1-10-14(11(2)20-17-10)8-15(19)18(3)9-12-5-4-6-13(16)7-12/h4-7H,8-9H2,1-3H3. The SMILES string of the molecule is Cc1noc(C)c1CC(=O)N(C)Cc1cccc(Cl)c1. The number of carbonyl (C=O) groups is 1. The van der Waals surface area contributed by atoms with Gasteiger partial charge in [-0.25, -0.2) is 0 Å². The molecule has 0 saturated heterocycles. The Labute approximate surface area is 123 Å². The lowest BCUT2D eigenvalue weighted by molar-refractivity contribution is -0.129. The fraction of sp³-hybridized carbons (Fsp3) is 0.333. The van der Waals surface area contributed by atoms with Crippen LogP contribution in [0.4, 0.5) is 0 Å². The highest BCUT2D eigenvalue weighted by atomic mass is 35.5. The maximum Gasteiger partial charge on any atom is 0.227 e. The van der Waals surface area contributed by atoms with Crippen molar-refractivity contribution in [2.75, 3.05) is 7.05 Å². The minimum Gasteiger partial charge on any atom is -0.361 e. The van der Waals surface area contributed by atoms with E-state index in [0.717, 1.165) is 16.8 Å². The average molecular weight is 293 g/mol. The van der Waals surface area contributed by atoms with Gasteiger partial charge in [0, 0.05) is 24.2 Å². The molecule has 2 rings (SSSR count). The number of rotatable bonds is 4. The molecule has 106 valence electrons. The molecule has 1 amide bonds. The lowest BCUT2D eigenvalue weighted by Gasteiger charge is -2.17. The van der Waals surface area contributed by atoms with Crippen molar-refractivity contribution in [2.45, 2.75) is 26.8 Å². The topological polar surface area (TPSA) is 46.3 Å². The smallest absolute Gasteiger partial charge is 0.227 e. The van der Waals surface area contributed by atoms with E-state index in [4.69, 9.17) is 16.1 Å². The predicted octanol–water partition coefficient (Wildman–Crippen LogP) is 3.15. The molecule has 0 unspecified atom stereocenters. The summed E-state index contributed by atoms with van der Waals surface area (Å²) < 4.78 is 5.07. The van der Waals surface area contributed by atoms with Crippen molar-refractivity contribution < 1.29 is 9.32 Å². The van der Waals surface area contributed by atoms with Gasteiger partial charge in [-0.05, 0) is 31.5 Å². The molecule has 0 aliphatic rings. The molecule has 1 aromatic heterocycles. The molecule has 0 radical (unpaired) electrons. The second-order valence-corrected chi connectivity index (χ2v) is 5.30. The van der Waals surface area contributed by atoms with Crippen LogP contribution in [0.5, 0.6) is 0 Å². The summed E-state index contributed by atoms with van der Waals surface area (Å²) in [6, 6.07) is 7.51. The van der Waals surface area contributed by atoms with Crippen LogP contribution in [0.25, 0.3) is 0 Å². The summed E-state index contributed by atoms with van der Waals surface area (Å²) in [4.78, 5) is 13.9. The van der Waals surface area contributed by atoms with Gasteiger partial charge in [0.2, 0.25) is 5.91 Å². The van der Waals surface area contributed by atoms with Gasteiger partial charge in [0.05, 0.1) is 12.1 Å². The first-order valence-electron chi connectivity index (χ1n) is 6.37. The molecule has 0 spiro atoms. The van der Waals surface area contributed by atoms with E-state index in [1.807, 2.05) is 38.1 Å². The fourth-order valence-electron chi connectivity index (χ4n) is 2.04. The Balaban J connectivity index is 2.02. The molecule has 5 heteroatoms. The van der Waals surface area contributed by atoms with Crippen LogP contribution in [0.15, 0.2) is 28.8 Å². The number of nitrogens with zero attached hydrogens (tertiary/aromatic N) is 2. The molecule has 1 aromatic carbocycles. The first-order valence-corrected chi connectivity index (χ1v) is 6.75. The minimum atomic E-state index is 0.0272. The van der Waals surface area contributed by atoms with E-state index in [0.29, 0.717) is 23.7 Å². The number of benzene rings is 1. The van der Waals surface area contributed by atoms with Crippen molar-refractivity contribution in [3.8, 4) is 0 Å². The van der Waals surface area contributed by atoms with Crippen LogP contribution in [-0.4, -0.2) is 23.0 Å². The molecule has 0 fully saturated rings. The molecule has 0 aliphatic carbocycles. The van der Waals surface area contributed by atoms with Crippen LogP contribution in [0, 0.1) is 13.8 Å². The van der Waals surface area contributed by atoms with Crippen LogP contribution in [-0.2, 0) is 17.8 Å². The summed E-state index contributed by atoms with van der Waals surface area (Å²) in [6.07, 6.45) is 0.304. The van der Waals surface area contributed by atoms with Gasteiger partial charge < -0.3 is 9.42 Å². The highest BCUT2D eigenvalue weighted by Crippen LogP contribution is 2.16. The summed E-state index contributed by atoms with van der Waals surface area (Å²) in [5.74, 6) is 0.728. The van der Waals surface area contributed by atoms with Gasteiger partial charge in [0.15, 0.2) is 0 Å². The zero-order chi connectivity index (χ0) is 14.7. The summed E-state index contributed by atoms with van der Waals surface area (Å²) >= 11 is 5.94. The van der Waals surface area contributed by atoms with Gasteiger partial charge in [-0.2, -0.15) is 0 Å². The third-order valence-electron chi connectivity index (χ3n) is 3.24. The molecule has 1 heterocycles. The van der Waals surface area contributed by atoms with Gasteiger partial charge >= 0.3 is 0 Å². The van der Waals surface area contributed by atoms with Crippen molar-refractivity contribution in [1.82, 2.24) is 10.1 Å². The Morgan fingerprint density at radius 3 is 2.75 bits per heavy atom. The number of amides is 1. The Hall–Kier alpha value is -1.81. The zero-order valence-electron chi connectivity index (χ0n) is 11.8. The molecule has 0 saturated carbocycles. The number of aryl methyl sites for hydroxylation is 2. The Morgan fingerprint density at radius 1 is 1.40 bits per heavy atom. The van der Waals surface area contributed by atoms with Crippen LogP contribution in [0.1, 0.15) is 22.6 Å². The van der Waals surface area contributed by atoms with Crippen molar-refractivity contribution in [3.63, 3.8) is 0 Å². The molecule has 0 atom stereocenters. The van der Waals surface area contributed by atoms with E-state index >= 15 is 0 Å². The van der Waals surface area contributed by atoms with Crippen molar-refractivity contribution in [2.24, 2.45) is 0 Å². The number of likely N-dealkylation sites (N-methyl/N-ethyl adjacent to an activating group) is 1. The molecule has 20 heavy (non-hydrogen) atoms. The van der Waals surface area contributed by atoms with Gasteiger partial charge in [-0.15, -0.1) is 0 Å². The predicted molar refractivity (Wildman–Crippen MR) is 77.6 cm³/mol. The van der Waals surface area contributed by atoms with Crippen molar-refractivity contribution in [3.05, 3.63) is 51.9 Å². The molecular formula is C15H17ClN2O2. The maximum absolute atomic E-state index is 12.2. The first kappa shape index (κ1) is 14.6. The quantitative estimate of drug-likeness (QED) is 0.869. The summed E-state index contributed by atoms with van der Waals surface area (Å²) in [7, 11) is 1.78. The van der Waals surface area contributed by atoms with E-state index in [1.54, 1.807) is 11.9 Å². The minimum absolute atomic E-state index is 0.0272. The molecular weight excluding hydrogens is 276 g/mol.